The van der Waals surface area contributed by atoms with E-state index >= 15 is 0 Å². The highest BCUT2D eigenvalue weighted by molar-refractivity contribution is 6.51. The van der Waals surface area contributed by atoms with Crippen molar-refractivity contribution in [3.05, 3.63) is 65.7 Å². The van der Waals surface area contributed by atoms with Crippen molar-refractivity contribution in [3.63, 3.8) is 0 Å². The smallest absolute Gasteiger partial charge is 0.423 e. The minimum absolute atomic E-state index is 0.424. The Labute approximate surface area is 142 Å². The Hall–Kier alpha value is -1.51. The van der Waals surface area contributed by atoms with E-state index in [1.165, 1.54) is 36.5 Å². The molecule has 0 aliphatic carbocycles. The number of rotatable bonds is 10. The molecule has 0 bridgehead atoms. The summed E-state index contributed by atoms with van der Waals surface area (Å²) in [5, 5.41) is 18.2. The fourth-order valence-electron chi connectivity index (χ4n) is 2.35. The number of hydrogen-bond donors (Lipinski definition) is 2. The molecule has 2 nitrogen and oxygen atoms in total. The van der Waals surface area contributed by atoms with Gasteiger partial charge in [-0.25, -0.2) is 0 Å². The SMILES string of the molecule is [B]c1ccc(CCCCCC/C(C)=C/C=C(\C=C)B(O)O)cc1. The Morgan fingerprint density at radius 3 is 2.35 bits per heavy atom. The van der Waals surface area contributed by atoms with E-state index in [1.54, 1.807) is 6.08 Å². The monoisotopic (exact) mass is 308 g/mol. The van der Waals surface area contributed by atoms with Crippen LogP contribution in [0, 0.1) is 0 Å². The first-order chi connectivity index (χ1) is 11.0. The lowest BCUT2D eigenvalue weighted by Gasteiger charge is -2.04. The van der Waals surface area contributed by atoms with Gasteiger partial charge in [0.05, 0.1) is 0 Å². The van der Waals surface area contributed by atoms with Gasteiger partial charge in [0, 0.05) is 0 Å². The van der Waals surface area contributed by atoms with E-state index in [9.17, 15) is 0 Å². The standard InChI is InChI=1S/C19H26B2O2/c1-3-19(21(22)23)15-10-16(2)8-6-4-5-7-9-17-11-13-18(20)14-12-17/h3,10-15,22-23H,1,4-9H2,2H3/b16-10+,19-15+. The number of aryl methyl sites for hydroxylation is 1. The van der Waals surface area contributed by atoms with Crippen LogP contribution in [-0.2, 0) is 6.42 Å². The van der Waals surface area contributed by atoms with Crippen LogP contribution >= 0.6 is 0 Å². The maximum Gasteiger partial charge on any atom is 0.488 e. The lowest BCUT2D eigenvalue weighted by atomic mass is 9.79. The number of benzene rings is 1. The third kappa shape index (κ3) is 8.63. The van der Waals surface area contributed by atoms with Crippen LogP contribution in [0.3, 0.4) is 0 Å². The number of allylic oxidation sites excluding steroid dienone is 5. The molecule has 0 aliphatic heterocycles. The van der Waals surface area contributed by atoms with Gasteiger partial charge in [0.15, 0.2) is 0 Å². The average Bonchev–Trinajstić information content (AvgIpc) is 2.52. The molecule has 2 N–H and O–H groups in total. The van der Waals surface area contributed by atoms with Crippen molar-refractivity contribution in [2.75, 3.05) is 0 Å². The summed E-state index contributed by atoms with van der Waals surface area (Å²) in [7, 11) is 4.22. The molecule has 0 saturated carbocycles. The van der Waals surface area contributed by atoms with Gasteiger partial charge >= 0.3 is 7.12 Å². The Morgan fingerprint density at radius 1 is 1.09 bits per heavy atom. The van der Waals surface area contributed by atoms with Gasteiger partial charge in [-0.1, -0.05) is 73.0 Å². The van der Waals surface area contributed by atoms with Gasteiger partial charge < -0.3 is 10.0 Å². The normalized spacial score (nSPS) is 12.3. The van der Waals surface area contributed by atoms with Gasteiger partial charge in [-0.05, 0) is 43.6 Å². The fraction of sp³-hybridized carbons (Fsp3) is 0.368. The zero-order valence-electron chi connectivity index (χ0n) is 14.0. The van der Waals surface area contributed by atoms with Gasteiger partial charge in [-0.3, -0.25) is 0 Å². The predicted molar refractivity (Wildman–Crippen MR) is 101 cm³/mol. The molecular weight excluding hydrogens is 282 g/mol. The molecule has 0 aromatic heterocycles. The van der Waals surface area contributed by atoms with Crippen LogP contribution in [0.2, 0.25) is 0 Å². The Kier molecular flexibility index (Phi) is 9.42. The maximum atomic E-state index is 9.09. The highest BCUT2D eigenvalue weighted by Gasteiger charge is 2.09. The molecule has 0 spiro atoms. The van der Waals surface area contributed by atoms with Crippen molar-refractivity contribution < 1.29 is 10.0 Å². The third-order valence-corrected chi connectivity index (χ3v) is 3.86. The Bertz CT molecular complexity index is 531. The average molecular weight is 308 g/mol. The maximum absolute atomic E-state index is 9.09. The summed E-state index contributed by atoms with van der Waals surface area (Å²) in [6.45, 7) is 5.63. The van der Waals surface area contributed by atoms with Crippen LogP contribution in [-0.4, -0.2) is 25.0 Å². The zero-order chi connectivity index (χ0) is 17.1. The molecule has 23 heavy (non-hydrogen) atoms. The summed E-state index contributed by atoms with van der Waals surface area (Å²) in [5.74, 6) is 0. The summed E-state index contributed by atoms with van der Waals surface area (Å²) >= 11 is 0. The molecule has 1 aromatic carbocycles. The first kappa shape index (κ1) is 19.5. The molecule has 0 amide bonds. The summed E-state index contributed by atoms with van der Waals surface area (Å²) in [6, 6.07) is 8.11. The minimum atomic E-state index is -1.45. The van der Waals surface area contributed by atoms with Crippen molar-refractivity contribution in [1.82, 2.24) is 0 Å². The van der Waals surface area contributed by atoms with Gasteiger partial charge in [0.25, 0.3) is 0 Å². The molecule has 4 heteroatoms. The van der Waals surface area contributed by atoms with E-state index < -0.39 is 7.12 Å². The second kappa shape index (κ2) is 11.1. The molecule has 2 radical (unpaired) electrons. The lowest BCUT2D eigenvalue weighted by Crippen LogP contribution is -2.13. The fourth-order valence-corrected chi connectivity index (χ4v) is 2.35. The second-order valence-electron chi connectivity index (χ2n) is 5.91. The highest BCUT2D eigenvalue weighted by atomic mass is 16.4. The molecule has 1 rings (SSSR count). The van der Waals surface area contributed by atoms with E-state index in [4.69, 9.17) is 17.9 Å². The van der Waals surface area contributed by atoms with Crippen LogP contribution in [0.5, 0.6) is 0 Å². The third-order valence-electron chi connectivity index (χ3n) is 3.86. The van der Waals surface area contributed by atoms with Crippen LogP contribution in [0.1, 0.15) is 44.6 Å². The summed E-state index contributed by atoms with van der Waals surface area (Å²) < 4.78 is 0. The topological polar surface area (TPSA) is 40.5 Å². The first-order valence-electron chi connectivity index (χ1n) is 8.23. The molecule has 0 unspecified atom stereocenters. The van der Waals surface area contributed by atoms with E-state index in [1.807, 2.05) is 18.2 Å². The van der Waals surface area contributed by atoms with Crippen LogP contribution < -0.4 is 5.46 Å². The van der Waals surface area contributed by atoms with Gasteiger partial charge in [-0.15, -0.1) is 0 Å². The molecule has 1 aromatic rings. The van der Waals surface area contributed by atoms with Crippen LogP contribution in [0.15, 0.2) is 60.1 Å². The molecule has 0 fully saturated rings. The van der Waals surface area contributed by atoms with E-state index in [2.05, 4.69) is 25.6 Å². The Morgan fingerprint density at radius 2 is 1.74 bits per heavy atom. The lowest BCUT2D eigenvalue weighted by molar-refractivity contribution is 0.420. The van der Waals surface area contributed by atoms with Gasteiger partial charge in [0.2, 0.25) is 0 Å². The number of hydrogen-bond acceptors (Lipinski definition) is 2. The van der Waals surface area contributed by atoms with Gasteiger partial charge in [-0.2, -0.15) is 0 Å². The molecule has 0 heterocycles. The van der Waals surface area contributed by atoms with Crippen molar-refractivity contribution in [1.29, 1.82) is 0 Å². The molecule has 120 valence electrons. The van der Waals surface area contributed by atoms with Crippen molar-refractivity contribution in [2.45, 2.75) is 45.4 Å². The second-order valence-corrected chi connectivity index (χ2v) is 5.91. The first-order valence-corrected chi connectivity index (χ1v) is 8.23. The van der Waals surface area contributed by atoms with Crippen LogP contribution in [0.4, 0.5) is 0 Å². The Balaban J connectivity index is 2.19. The summed E-state index contributed by atoms with van der Waals surface area (Å²) in [4.78, 5) is 0. The molecule has 0 atom stereocenters. The van der Waals surface area contributed by atoms with Crippen molar-refractivity contribution in [2.24, 2.45) is 0 Å². The quantitative estimate of drug-likeness (QED) is 0.396. The van der Waals surface area contributed by atoms with Crippen LogP contribution in [0.25, 0.3) is 0 Å². The minimum Gasteiger partial charge on any atom is -0.423 e. The largest absolute Gasteiger partial charge is 0.488 e. The molecule has 0 saturated heterocycles. The zero-order valence-corrected chi connectivity index (χ0v) is 14.0. The summed E-state index contributed by atoms with van der Waals surface area (Å²) in [5.41, 5.74) is 3.83. The number of unbranched alkanes of at least 4 members (excludes halogenated alkanes) is 3. The van der Waals surface area contributed by atoms with E-state index in [0.717, 1.165) is 24.7 Å². The molecule has 0 aliphatic rings. The molecular formula is C19H26B2O2. The summed E-state index contributed by atoms with van der Waals surface area (Å²) in [6.07, 6.45) is 12.0. The van der Waals surface area contributed by atoms with E-state index in [0.29, 0.717) is 5.47 Å². The van der Waals surface area contributed by atoms with E-state index in [-0.39, 0.29) is 0 Å². The predicted octanol–water partition coefficient (Wildman–Crippen LogP) is 3.04. The van der Waals surface area contributed by atoms with Crippen molar-refractivity contribution in [3.8, 4) is 0 Å². The van der Waals surface area contributed by atoms with Gasteiger partial charge in [0.1, 0.15) is 7.85 Å². The highest BCUT2D eigenvalue weighted by Crippen LogP contribution is 2.12. The van der Waals surface area contributed by atoms with Crippen molar-refractivity contribution >= 4 is 20.4 Å².